The van der Waals surface area contributed by atoms with Crippen molar-refractivity contribution < 1.29 is 18.6 Å². The average molecular weight is 480 g/mol. The molecule has 0 N–H and O–H groups in total. The zero-order chi connectivity index (χ0) is 25.3. The molecule has 2 heterocycles. The van der Waals surface area contributed by atoms with Gasteiger partial charge in [-0.25, -0.2) is 0 Å². The topological polar surface area (TPSA) is 36.9 Å². The summed E-state index contributed by atoms with van der Waals surface area (Å²) in [6.07, 6.45) is 0. The molecule has 0 amide bonds. The summed E-state index contributed by atoms with van der Waals surface area (Å²) in [5, 5.41) is 2.46. The molecule has 0 aromatic heterocycles. The molecule has 7 heteroatoms. The minimum absolute atomic E-state index is 0.0213. The lowest BCUT2D eigenvalue weighted by Gasteiger charge is -2.38. The second-order valence-electron chi connectivity index (χ2n) is 13.3. The summed E-state index contributed by atoms with van der Waals surface area (Å²) < 4.78 is 26.9. The van der Waals surface area contributed by atoms with Crippen molar-refractivity contribution in [2.45, 2.75) is 109 Å². The summed E-state index contributed by atoms with van der Waals surface area (Å²) in [4.78, 5) is 0. The van der Waals surface area contributed by atoms with Crippen LogP contribution in [0.3, 0.4) is 0 Å². The minimum atomic E-state index is -1.86. The fourth-order valence-electron chi connectivity index (χ4n) is 5.14. The first-order chi connectivity index (χ1) is 15.5. The molecule has 2 aromatic rings. The first-order valence-corrected chi connectivity index (χ1v) is 16.2. The Balaban J connectivity index is 1.86. The molecular formula is C27H42B2O4Si. The van der Waals surface area contributed by atoms with Gasteiger partial charge < -0.3 is 18.6 Å². The van der Waals surface area contributed by atoms with Crippen LogP contribution in [0.2, 0.25) is 25.1 Å². The highest BCUT2D eigenvalue weighted by atomic mass is 28.3. The molecule has 0 spiro atoms. The second-order valence-corrected chi connectivity index (χ2v) is 18.7. The highest BCUT2D eigenvalue weighted by molar-refractivity contribution is 6.88. The molecule has 2 saturated heterocycles. The van der Waals surface area contributed by atoms with Crippen molar-refractivity contribution in [3.8, 4) is 0 Å². The smallest absolute Gasteiger partial charge is 0.403 e. The van der Waals surface area contributed by atoms with Crippen LogP contribution in [0.4, 0.5) is 0 Å². The summed E-state index contributed by atoms with van der Waals surface area (Å²) in [6.45, 7) is 24.3. The summed E-state index contributed by atoms with van der Waals surface area (Å²) in [7, 11) is -2.57. The number of hydrogen-bond acceptors (Lipinski definition) is 4. The molecule has 2 fully saturated rings. The third-order valence-corrected chi connectivity index (χ3v) is 11.3. The molecule has 34 heavy (non-hydrogen) atoms. The Hall–Kier alpha value is -1.11. The highest BCUT2D eigenvalue weighted by Crippen LogP contribution is 2.52. The van der Waals surface area contributed by atoms with Crippen molar-refractivity contribution >= 4 is 33.1 Å². The zero-order valence-corrected chi connectivity index (χ0v) is 24.0. The average Bonchev–Trinajstić information content (AvgIpc) is 3.03. The number of rotatable bonds is 5. The van der Waals surface area contributed by atoms with Gasteiger partial charge in [0.15, 0.2) is 0 Å². The maximum Gasteiger partial charge on any atom is 0.465 e. The maximum atomic E-state index is 6.72. The van der Waals surface area contributed by atoms with Crippen LogP contribution in [0, 0.1) is 0 Å². The molecule has 2 aromatic carbocycles. The Morgan fingerprint density at radius 3 is 1.53 bits per heavy atom. The van der Waals surface area contributed by atoms with Crippen LogP contribution in [0.1, 0.15) is 66.8 Å². The standard InChI is InChI=1S/C27H42B2O4Si/c1-24(2)25(3,4)31-28(30-24)22(21-17-16-19-14-12-13-15-20(19)18-21)23(34(9,10)11)29-32-26(5,6)27(7,8)33-29/h12-18,22-23H,1-11H3/t22-,23-/m1/s1. The van der Waals surface area contributed by atoms with Gasteiger partial charge in [0, 0.05) is 13.9 Å². The van der Waals surface area contributed by atoms with Gasteiger partial charge in [-0.15, -0.1) is 0 Å². The quantitative estimate of drug-likeness (QED) is 0.437. The lowest BCUT2D eigenvalue weighted by molar-refractivity contribution is 0.00578. The van der Waals surface area contributed by atoms with E-state index in [-0.39, 0.29) is 36.7 Å². The second kappa shape index (κ2) is 8.21. The van der Waals surface area contributed by atoms with E-state index >= 15 is 0 Å². The molecule has 2 atom stereocenters. The molecule has 2 aliphatic heterocycles. The molecule has 184 valence electrons. The van der Waals surface area contributed by atoms with Gasteiger partial charge in [0.05, 0.1) is 22.4 Å². The fourth-order valence-corrected chi connectivity index (χ4v) is 7.52. The molecule has 0 aliphatic carbocycles. The molecule has 0 unspecified atom stereocenters. The Bertz CT molecular complexity index is 1030. The van der Waals surface area contributed by atoms with Crippen LogP contribution < -0.4 is 0 Å². The van der Waals surface area contributed by atoms with Crippen LogP contribution in [0.5, 0.6) is 0 Å². The lowest BCUT2D eigenvalue weighted by atomic mass is 9.57. The van der Waals surface area contributed by atoms with E-state index in [1.54, 1.807) is 0 Å². The number of hydrogen-bond donors (Lipinski definition) is 0. The minimum Gasteiger partial charge on any atom is -0.403 e. The highest BCUT2D eigenvalue weighted by Gasteiger charge is 2.63. The normalized spacial score (nSPS) is 25.0. The number of fused-ring (bicyclic) bond motifs is 1. The van der Waals surface area contributed by atoms with E-state index in [9.17, 15) is 0 Å². The van der Waals surface area contributed by atoms with Crippen LogP contribution >= 0.6 is 0 Å². The first-order valence-electron chi connectivity index (χ1n) is 12.7. The predicted octanol–water partition coefficient (Wildman–Crippen LogP) is 6.89. The number of benzene rings is 2. The van der Waals surface area contributed by atoms with Crippen molar-refractivity contribution in [1.29, 1.82) is 0 Å². The van der Waals surface area contributed by atoms with Gasteiger partial charge in [0.1, 0.15) is 0 Å². The Morgan fingerprint density at radius 1 is 0.618 bits per heavy atom. The summed E-state index contributed by atoms with van der Waals surface area (Å²) >= 11 is 0. The van der Waals surface area contributed by atoms with Gasteiger partial charge in [-0.3, -0.25) is 0 Å². The van der Waals surface area contributed by atoms with E-state index in [0.29, 0.717) is 0 Å². The Labute approximate surface area is 208 Å². The predicted molar refractivity (Wildman–Crippen MR) is 146 cm³/mol. The van der Waals surface area contributed by atoms with E-state index in [1.807, 2.05) is 0 Å². The maximum absolute atomic E-state index is 6.72. The van der Waals surface area contributed by atoms with E-state index in [2.05, 4.69) is 117 Å². The van der Waals surface area contributed by atoms with Crippen LogP contribution in [-0.2, 0) is 18.6 Å². The molecule has 4 rings (SSSR count). The van der Waals surface area contributed by atoms with E-state index < -0.39 is 19.3 Å². The monoisotopic (exact) mass is 480 g/mol. The van der Waals surface area contributed by atoms with Crippen molar-refractivity contribution in [2.24, 2.45) is 0 Å². The SMILES string of the molecule is CC1(C)OB([C@H](c2ccc3ccccc3c2)[C@H](B2OC(C)(C)C(C)(C)O2)[Si](C)(C)C)OC1(C)C. The van der Waals surface area contributed by atoms with Gasteiger partial charge in [-0.1, -0.05) is 62.1 Å². The van der Waals surface area contributed by atoms with Crippen molar-refractivity contribution in [3.05, 3.63) is 48.0 Å². The molecular weight excluding hydrogens is 438 g/mol. The molecule has 0 saturated carbocycles. The van der Waals surface area contributed by atoms with Gasteiger partial charge >= 0.3 is 14.2 Å². The van der Waals surface area contributed by atoms with E-state index in [0.717, 1.165) is 0 Å². The fraction of sp³-hybridized carbons (Fsp3) is 0.630. The van der Waals surface area contributed by atoms with Crippen LogP contribution in [0.15, 0.2) is 42.5 Å². The van der Waals surface area contributed by atoms with Crippen molar-refractivity contribution in [3.63, 3.8) is 0 Å². The lowest BCUT2D eigenvalue weighted by Crippen LogP contribution is -2.49. The third kappa shape index (κ3) is 4.43. The largest absolute Gasteiger partial charge is 0.465 e. The van der Waals surface area contributed by atoms with Gasteiger partial charge in [0.2, 0.25) is 0 Å². The zero-order valence-electron chi connectivity index (χ0n) is 23.0. The molecule has 0 bridgehead atoms. The van der Waals surface area contributed by atoms with Gasteiger partial charge in [0.25, 0.3) is 0 Å². The van der Waals surface area contributed by atoms with E-state index in [4.69, 9.17) is 18.6 Å². The van der Waals surface area contributed by atoms with Gasteiger partial charge in [-0.2, -0.15) is 0 Å². The summed E-state index contributed by atoms with van der Waals surface area (Å²) in [6, 6.07) is 15.3. The van der Waals surface area contributed by atoms with Crippen molar-refractivity contribution in [2.75, 3.05) is 0 Å². The molecule has 0 radical (unpaired) electrons. The Kier molecular flexibility index (Phi) is 6.27. The summed E-state index contributed by atoms with van der Waals surface area (Å²) in [5.74, 6) is -0.0213. The third-order valence-electron chi connectivity index (χ3n) is 8.67. The summed E-state index contributed by atoms with van der Waals surface area (Å²) in [5.41, 5.74) is -0.248. The van der Waals surface area contributed by atoms with Crippen LogP contribution in [-0.4, -0.2) is 44.7 Å². The van der Waals surface area contributed by atoms with Crippen LogP contribution in [0.25, 0.3) is 10.8 Å². The van der Waals surface area contributed by atoms with Gasteiger partial charge in [-0.05, 0) is 77.2 Å². The molecule has 2 aliphatic rings. The van der Waals surface area contributed by atoms with Crippen molar-refractivity contribution in [1.82, 2.24) is 0 Å². The van der Waals surface area contributed by atoms with E-state index in [1.165, 1.54) is 16.3 Å². The first kappa shape index (κ1) is 26.0. The Morgan fingerprint density at radius 2 is 1.06 bits per heavy atom. The molecule has 4 nitrogen and oxygen atoms in total.